The van der Waals surface area contributed by atoms with E-state index >= 15 is 0 Å². The molecule has 0 aliphatic heterocycles. The van der Waals surface area contributed by atoms with Crippen LogP contribution in [0.3, 0.4) is 0 Å². The molecular formula is C8H18O4Zr. The normalized spacial score (nSPS) is 10.3. The van der Waals surface area contributed by atoms with Gasteiger partial charge in [-0.25, -0.2) is 0 Å². The molecule has 0 rings (SSSR count). The van der Waals surface area contributed by atoms with Crippen LogP contribution in [0.2, 0.25) is 0 Å². The molecule has 78 valence electrons. The average Bonchev–Trinajstić information content (AvgIpc) is 2.09. The first-order chi connectivity index (χ1) is 6.27. The molecule has 0 aliphatic rings. The van der Waals surface area contributed by atoms with Crippen molar-refractivity contribution in [2.75, 3.05) is 13.2 Å². The number of aliphatic hydroxyl groups excluding tert-OH is 1. The molecule has 0 aromatic carbocycles. The van der Waals surface area contributed by atoms with Crippen LogP contribution in [-0.4, -0.2) is 21.5 Å². The zero-order chi connectivity index (χ0) is 9.94. The van der Waals surface area contributed by atoms with Crippen LogP contribution in [0.25, 0.3) is 0 Å². The first-order valence-corrected chi connectivity index (χ1v) is 7.84. The summed E-state index contributed by atoms with van der Waals surface area (Å²) in [5.74, 6) is 0. The monoisotopic (exact) mass is 268 g/mol. The topological polar surface area (TPSA) is 66.8 Å². The van der Waals surface area contributed by atoms with Crippen LogP contribution in [0.4, 0.5) is 0 Å². The Morgan fingerprint density at radius 1 is 1.00 bits per heavy atom. The third kappa shape index (κ3) is 12.6. The van der Waals surface area contributed by atoms with E-state index in [-0.39, 0.29) is 6.61 Å². The summed E-state index contributed by atoms with van der Waals surface area (Å²) in [6.45, 7) is 0.703. The molecule has 0 fully saturated rings. The van der Waals surface area contributed by atoms with E-state index < -0.39 is 22.6 Å². The van der Waals surface area contributed by atoms with Crippen molar-refractivity contribution in [1.29, 1.82) is 0 Å². The van der Waals surface area contributed by atoms with Crippen molar-refractivity contribution >= 4 is 0 Å². The van der Waals surface area contributed by atoms with Crippen molar-refractivity contribution in [3.63, 3.8) is 0 Å². The maximum absolute atomic E-state index is 10.2. The molecule has 0 aromatic heterocycles. The average molecular weight is 269 g/mol. The summed E-state index contributed by atoms with van der Waals surface area (Å²) < 4.78 is 23.2. The third-order valence-corrected chi connectivity index (χ3v) is 2.89. The van der Waals surface area contributed by atoms with Crippen LogP contribution >= 0.6 is 0 Å². The molecular weight excluding hydrogens is 251 g/mol. The standard InChI is InChI=1S/C8H17O2.H2O.O.Zr/c9-7-5-3-1-2-4-6-8-10;;;/h9H,1-8H2;1H2;;/q-1;;;+2/p-1. The van der Waals surface area contributed by atoms with Gasteiger partial charge >= 0.3 is 88.3 Å². The van der Waals surface area contributed by atoms with Gasteiger partial charge in [-0.15, -0.1) is 0 Å². The van der Waals surface area contributed by atoms with Crippen LogP contribution in [0, 0.1) is 0 Å². The van der Waals surface area contributed by atoms with E-state index in [0.717, 1.165) is 38.5 Å². The van der Waals surface area contributed by atoms with E-state index in [1.54, 1.807) is 0 Å². The molecule has 0 aliphatic carbocycles. The molecule has 0 bridgehead atoms. The summed E-state index contributed by atoms with van der Waals surface area (Å²) in [6, 6.07) is 0. The summed E-state index contributed by atoms with van der Waals surface area (Å²) in [4.78, 5) is 0. The van der Waals surface area contributed by atoms with E-state index in [9.17, 15) is 2.81 Å². The quantitative estimate of drug-likeness (QED) is 0.616. The number of unbranched alkanes of at least 4 members (excludes halogenated alkanes) is 5. The minimum atomic E-state index is -3.50. The summed E-state index contributed by atoms with van der Waals surface area (Å²) in [5.41, 5.74) is 0. The zero-order valence-corrected chi connectivity index (χ0v) is 10.3. The van der Waals surface area contributed by atoms with Crippen molar-refractivity contribution < 1.29 is 36.6 Å². The Labute approximate surface area is 88.3 Å². The van der Waals surface area contributed by atoms with E-state index in [0.29, 0.717) is 6.61 Å². The van der Waals surface area contributed by atoms with Gasteiger partial charge < -0.3 is 0 Å². The predicted octanol–water partition coefficient (Wildman–Crippen LogP) is 1.12. The number of hydrogen-bond acceptors (Lipinski definition) is 3. The second-order valence-electron chi connectivity index (χ2n) is 2.96. The number of aliphatic hydroxyl groups is 1. The van der Waals surface area contributed by atoms with E-state index in [2.05, 4.69) is 2.81 Å². The Kier molecular flexibility index (Phi) is 11.1. The molecule has 0 saturated carbocycles. The van der Waals surface area contributed by atoms with Gasteiger partial charge in [0.25, 0.3) is 0 Å². The van der Waals surface area contributed by atoms with Gasteiger partial charge in [0, 0.05) is 0 Å². The van der Waals surface area contributed by atoms with Crippen LogP contribution in [0.15, 0.2) is 0 Å². The molecule has 0 atom stereocenters. The zero-order valence-electron chi connectivity index (χ0n) is 7.87. The fourth-order valence-electron chi connectivity index (χ4n) is 1.08. The maximum atomic E-state index is 10.2. The first kappa shape index (κ1) is 13.6. The minimum absolute atomic E-state index is 0.277. The second-order valence-corrected chi connectivity index (χ2v) is 4.98. The van der Waals surface area contributed by atoms with Gasteiger partial charge in [-0.1, -0.05) is 0 Å². The third-order valence-electron chi connectivity index (χ3n) is 1.78. The summed E-state index contributed by atoms with van der Waals surface area (Å²) in [5, 5.41) is 8.49. The molecule has 0 amide bonds. The fourth-order valence-corrected chi connectivity index (χ4v) is 1.86. The van der Waals surface area contributed by atoms with Gasteiger partial charge in [0.1, 0.15) is 0 Å². The molecule has 0 heterocycles. The fraction of sp³-hybridized carbons (Fsp3) is 1.00. The van der Waals surface area contributed by atoms with Crippen LogP contribution in [0.1, 0.15) is 38.5 Å². The Morgan fingerprint density at radius 2 is 1.54 bits per heavy atom. The molecule has 5 heteroatoms. The first-order valence-electron chi connectivity index (χ1n) is 4.74. The van der Waals surface area contributed by atoms with Crippen molar-refractivity contribution in [1.82, 2.24) is 0 Å². The molecule has 0 unspecified atom stereocenters. The van der Waals surface area contributed by atoms with Crippen LogP contribution < -0.4 is 0 Å². The van der Waals surface area contributed by atoms with Crippen molar-refractivity contribution in [2.45, 2.75) is 38.5 Å². The molecule has 13 heavy (non-hydrogen) atoms. The van der Waals surface area contributed by atoms with Crippen molar-refractivity contribution in [3.8, 4) is 0 Å². The Balaban J connectivity index is 2.87. The van der Waals surface area contributed by atoms with Crippen LogP contribution in [-0.2, 0) is 28.3 Å². The van der Waals surface area contributed by atoms with E-state index in [1.807, 2.05) is 0 Å². The van der Waals surface area contributed by atoms with Gasteiger partial charge in [0.2, 0.25) is 0 Å². The molecule has 2 N–H and O–H groups in total. The van der Waals surface area contributed by atoms with E-state index in [4.69, 9.17) is 8.29 Å². The van der Waals surface area contributed by atoms with Gasteiger partial charge in [0.05, 0.1) is 0 Å². The van der Waals surface area contributed by atoms with Crippen LogP contribution in [0.5, 0.6) is 0 Å². The van der Waals surface area contributed by atoms with E-state index in [1.165, 1.54) is 0 Å². The van der Waals surface area contributed by atoms with Crippen molar-refractivity contribution in [2.24, 2.45) is 0 Å². The molecule has 4 nitrogen and oxygen atoms in total. The molecule has 0 aromatic rings. The van der Waals surface area contributed by atoms with Gasteiger partial charge in [0.15, 0.2) is 0 Å². The molecule has 0 spiro atoms. The number of hydrogen-bond donors (Lipinski definition) is 2. The SMILES string of the molecule is [O]=[Zr]([OH])[O]CCCCCCCCO. The Morgan fingerprint density at radius 3 is 2.08 bits per heavy atom. The summed E-state index contributed by atoms with van der Waals surface area (Å²) >= 11 is -3.50. The Hall–Kier alpha value is 0.563. The second kappa shape index (κ2) is 10.6. The number of rotatable bonds is 9. The van der Waals surface area contributed by atoms with Gasteiger partial charge in [-0.2, -0.15) is 0 Å². The van der Waals surface area contributed by atoms with Gasteiger partial charge in [-0.05, 0) is 0 Å². The summed E-state index contributed by atoms with van der Waals surface area (Å²) in [7, 11) is 0. The summed E-state index contributed by atoms with van der Waals surface area (Å²) in [6.07, 6.45) is 6.11. The molecule has 0 radical (unpaired) electrons. The predicted molar refractivity (Wildman–Crippen MR) is 43.6 cm³/mol. The van der Waals surface area contributed by atoms with Gasteiger partial charge in [-0.3, -0.25) is 0 Å². The molecule has 0 saturated heterocycles. The Bertz CT molecular complexity index is 129. The van der Waals surface area contributed by atoms with Crippen molar-refractivity contribution in [3.05, 3.63) is 0 Å².